The summed E-state index contributed by atoms with van der Waals surface area (Å²) in [6.07, 6.45) is 5.79. The van der Waals surface area contributed by atoms with Crippen molar-refractivity contribution < 1.29 is 0 Å². The van der Waals surface area contributed by atoms with Crippen molar-refractivity contribution in [3.8, 4) is 11.8 Å². The number of nitrogens with zero attached hydrogens (tertiary/aromatic N) is 2. The highest BCUT2D eigenvalue weighted by molar-refractivity contribution is 5.51. The van der Waals surface area contributed by atoms with Crippen LogP contribution in [-0.4, -0.2) is 9.38 Å². The topological polar surface area (TPSA) is 34.4 Å². The molecule has 1 aliphatic rings. The van der Waals surface area contributed by atoms with Crippen LogP contribution in [0.15, 0.2) is 47.4 Å². The molecule has 1 aliphatic carbocycles. The maximum Gasteiger partial charge on any atom is 0.261 e. The minimum absolute atomic E-state index is 0.0805. The van der Waals surface area contributed by atoms with Crippen molar-refractivity contribution in [1.29, 1.82) is 0 Å². The number of benzene rings is 1. The third-order valence-corrected chi connectivity index (χ3v) is 5.04. The summed E-state index contributed by atoms with van der Waals surface area (Å²) in [6.45, 7) is 4.28. The third-order valence-electron chi connectivity index (χ3n) is 5.04. The van der Waals surface area contributed by atoms with Gasteiger partial charge >= 0.3 is 0 Å². The van der Waals surface area contributed by atoms with Gasteiger partial charge in [0.25, 0.3) is 5.56 Å². The highest BCUT2D eigenvalue weighted by Crippen LogP contribution is 2.21. The lowest BCUT2D eigenvalue weighted by molar-refractivity contribution is 0.525. The van der Waals surface area contributed by atoms with Crippen LogP contribution >= 0.6 is 0 Å². The molecule has 2 heterocycles. The van der Waals surface area contributed by atoms with Gasteiger partial charge in [-0.05, 0) is 61.9 Å². The van der Waals surface area contributed by atoms with E-state index in [1.54, 1.807) is 10.6 Å². The minimum Gasteiger partial charge on any atom is -0.269 e. The number of hydrogen-bond acceptors (Lipinski definition) is 2. The number of pyridine rings is 1. The van der Waals surface area contributed by atoms with Gasteiger partial charge in [-0.2, -0.15) is 0 Å². The number of aromatic nitrogens is 2. The van der Waals surface area contributed by atoms with E-state index in [-0.39, 0.29) is 5.56 Å². The summed E-state index contributed by atoms with van der Waals surface area (Å²) in [5.41, 5.74) is 5.71. The molecule has 0 saturated carbocycles. The van der Waals surface area contributed by atoms with Crippen molar-refractivity contribution in [1.82, 2.24) is 9.38 Å². The van der Waals surface area contributed by atoms with Crippen LogP contribution in [0.2, 0.25) is 0 Å². The van der Waals surface area contributed by atoms with E-state index in [4.69, 9.17) is 4.98 Å². The molecule has 0 bridgehead atoms. The summed E-state index contributed by atoms with van der Waals surface area (Å²) in [4.78, 5) is 17.7. The predicted octanol–water partition coefficient (Wildman–Crippen LogP) is 3.92. The van der Waals surface area contributed by atoms with E-state index in [9.17, 15) is 4.79 Å². The Bertz CT molecular complexity index is 1100. The van der Waals surface area contributed by atoms with E-state index in [0.29, 0.717) is 11.6 Å². The van der Waals surface area contributed by atoms with E-state index < -0.39 is 0 Å². The van der Waals surface area contributed by atoms with E-state index in [0.717, 1.165) is 48.1 Å². The maximum absolute atomic E-state index is 12.9. The molecule has 0 aliphatic heterocycles. The molecule has 0 N–H and O–H groups in total. The van der Waals surface area contributed by atoms with Crippen LogP contribution < -0.4 is 5.56 Å². The lowest BCUT2D eigenvalue weighted by Crippen LogP contribution is -2.23. The summed E-state index contributed by atoms with van der Waals surface area (Å²) < 4.78 is 1.66. The van der Waals surface area contributed by atoms with Crippen LogP contribution in [0.25, 0.3) is 5.65 Å². The van der Waals surface area contributed by atoms with Gasteiger partial charge in [0.1, 0.15) is 5.65 Å². The predicted molar refractivity (Wildman–Crippen MR) is 104 cm³/mol. The number of rotatable bonds is 0. The molecule has 0 fully saturated rings. The summed E-state index contributed by atoms with van der Waals surface area (Å²) in [6, 6.07) is 12.0. The Morgan fingerprint density at radius 2 is 1.96 bits per heavy atom. The SMILES string of the molecule is Cc1cccc(C#Cc2ccn3c(=O)c4c(nc3c2)CCCC(C)C4)c1. The molecular formula is C23H22N2O. The zero-order valence-electron chi connectivity index (χ0n) is 15.2. The first-order valence-electron chi connectivity index (χ1n) is 9.23. The summed E-state index contributed by atoms with van der Waals surface area (Å²) >= 11 is 0. The fourth-order valence-electron chi connectivity index (χ4n) is 3.65. The Hall–Kier alpha value is -2.86. The molecule has 130 valence electrons. The van der Waals surface area contributed by atoms with Crippen LogP contribution in [0.5, 0.6) is 0 Å². The quantitative estimate of drug-likeness (QED) is 0.458. The van der Waals surface area contributed by atoms with Crippen molar-refractivity contribution in [2.45, 2.75) is 39.5 Å². The molecule has 3 nitrogen and oxygen atoms in total. The number of fused-ring (bicyclic) bond motifs is 2. The van der Waals surface area contributed by atoms with Gasteiger partial charge in [0.15, 0.2) is 0 Å². The molecule has 0 amide bonds. The molecule has 3 heteroatoms. The van der Waals surface area contributed by atoms with Crippen LogP contribution in [0, 0.1) is 24.7 Å². The van der Waals surface area contributed by atoms with Crippen molar-refractivity contribution in [2.75, 3.05) is 0 Å². The monoisotopic (exact) mass is 342 g/mol. The van der Waals surface area contributed by atoms with Crippen molar-refractivity contribution in [2.24, 2.45) is 5.92 Å². The van der Waals surface area contributed by atoms with Crippen molar-refractivity contribution in [3.63, 3.8) is 0 Å². The minimum atomic E-state index is 0.0805. The van der Waals surface area contributed by atoms with Crippen molar-refractivity contribution in [3.05, 3.63) is 80.9 Å². The zero-order chi connectivity index (χ0) is 18.1. The fraction of sp³-hybridized carbons (Fsp3) is 0.304. The van der Waals surface area contributed by atoms with E-state index >= 15 is 0 Å². The van der Waals surface area contributed by atoms with Gasteiger partial charge in [0.05, 0.1) is 5.69 Å². The van der Waals surface area contributed by atoms with Gasteiger partial charge in [0, 0.05) is 22.9 Å². The van der Waals surface area contributed by atoms with Gasteiger partial charge in [-0.1, -0.05) is 37.3 Å². The van der Waals surface area contributed by atoms with E-state index in [2.05, 4.69) is 37.8 Å². The molecule has 3 aromatic rings. The molecule has 0 spiro atoms. The molecule has 0 saturated heterocycles. The molecule has 1 aromatic carbocycles. The Morgan fingerprint density at radius 1 is 1.15 bits per heavy atom. The lowest BCUT2D eigenvalue weighted by Gasteiger charge is -2.09. The smallest absolute Gasteiger partial charge is 0.261 e. The molecule has 2 aromatic heterocycles. The Labute approximate surface area is 153 Å². The summed E-state index contributed by atoms with van der Waals surface area (Å²) in [5.74, 6) is 6.93. The van der Waals surface area contributed by atoms with Gasteiger partial charge in [-0.25, -0.2) is 4.98 Å². The average Bonchev–Trinajstić information content (AvgIpc) is 2.81. The fourth-order valence-corrected chi connectivity index (χ4v) is 3.65. The second kappa shape index (κ2) is 6.80. The molecule has 0 radical (unpaired) electrons. The first-order valence-corrected chi connectivity index (χ1v) is 9.23. The summed E-state index contributed by atoms with van der Waals surface area (Å²) in [5, 5.41) is 0. The third kappa shape index (κ3) is 3.28. The molecule has 26 heavy (non-hydrogen) atoms. The summed E-state index contributed by atoms with van der Waals surface area (Å²) in [7, 11) is 0. The highest BCUT2D eigenvalue weighted by atomic mass is 16.1. The van der Waals surface area contributed by atoms with Gasteiger partial charge in [-0.3, -0.25) is 9.20 Å². The molecular weight excluding hydrogens is 320 g/mol. The molecule has 1 atom stereocenters. The Morgan fingerprint density at radius 3 is 2.77 bits per heavy atom. The molecule has 1 unspecified atom stereocenters. The number of hydrogen-bond donors (Lipinski definition) is 0. The van der Waals surface area contributed by atoms with E-state index in [1.165, 1.54) is 5.56 Å². The first-order chi connectivity index (χ1) is 12.6. The Balaban J connectivity index is 1.77. The van der Waals surface area contributed by atoms with E-state index in [1.807, 2.05) is 24.3 Å². The van der Waals surface area contributed by atoms with Crippen molar-refractivity contribution >= 4 is 5.65 Å². The van der Waals surface area contributed by atoms with Gasteiger partial charge < -0.3 is 0 Å². The number of aryl methyl sites for hydroxylation is 2. The lowest BCUT2D eigenvalue weighted by atomic mass is 10.0. The normalized spacial score (nSPS) is 16.5. The first kappa shape index (κ1) is 16.6. The standard InChI is InChI=1S/C23H22N2O/c1-16-5-3-7-18(13-16)9-10-19-11-12-25-22(15-19)24-21-8-4-6-17(2)14-20(21)23(25)26/h3,5,7,11-13,15,17H,4,6,8,14H2,1-2H3. The van der Waals surface area contributed by atoms with Gasteiger partial charge in [-0.15, -0.1) is 0 Å². The Kier molecular flexibility index (Phi) is 4.34. The van der Waals surface area contributed by atoms with Crippen LogP contribution in [0.1, 0.15) is 47.7 Å². The second-order valence-corrected chi connectivity index (χ2v) is 7.31. The van der Waals surface area contributed by atoms with Crippen LogP contribution in [0.4, 0.5) is 0 Å². The maximum atomic E-state index is 12.9. The highest BCUT2D eigenvalue weighted by Gasteiger charge is 2.19. The zero-order valence-corrected chi connectivity index (χ0v) is 15.2. The van der Waals surface area contributed by atoms with Crippen LogP contribution in [0.3, 0.4) is 0 Å². The second-order valence-electron chi connectivity index (χ2n) is 7.31. The van der Waals surface area contributed by atoms with Crippen LogP contribution in [-0.2, 0) is 12.8 Å². The molecule has 4 rings (SSSR count). The van der Waals surface area contributed by atoms with Gasteiger partial charge in [0.2, 0.25) is 0 Å². The average molecular weight is 342 g/mol. The largest absolute Gasteiger partial charge is 0.269 e.